The Morgan fingerprint density at radius 1 is 1.24 bits per heavy atom. The number of fused-ring (bicyclic) bond motifs is 2. The van der Waals surface area contributed by atoms with Crippen molar-refractivity contribution in [2.24, 2.45) is 0 Å². The molecule has 0 atom stereocenters. The van der Waals surface area contributed by atoms with E-state index in [2.05, 4.69) is 6.07 Å². The van der Waals surface area contributed by atoms with Crippen LogP contribution in [0.5, 0.6) is 0 Å². The molecule has 5 heteroatoms. The van der Waals surface area contributed by atoms with Crippen molar-refractivity contribution in [3.8, 4) is 0 Å². The zero-order valence-electron chi connectivity index (χ0n) is 9.30. The minimum Gasteiger partial charge on any atom is -0.364 e. The van der Waals surface area contributed by atoms with Gasteiger partial charge in [0.1, 0.15) is 0 Å². The lowest BCUT2D eigenvalue weighted by Crippen LogP contribution is -2.26. The van der Waals surface area contributed by atoms with E-state index < -0.39 is 10.1 Å². The van der Waals surface area contributed by atoms with Gasteiger partial charge in [-0.2, -0.15) is 8.42 Å². The lowest BCUT2D eigenvalue weighted by Gasteiger charge is -2.28. The molecule has 2 aliphatic rings. The molecular formula is C12H13NO3S. The lowest BCUT2D eigenvalue weighted by atomic mass is 10.0. The Morgan fingerprint density at radius 3 is 2.94 bits per heavy atom. The molecule has 0 amide bonds. The molecule has 0 saturated carbocycles. The van der Waals surface area contributed by atoms with E-state index in [-0.39, 0.29) is 5.75 Å². The van der Waals surface area contributed by atoms with Crippen molar-refractivity contribution < 1.29 is 12.6 Å². The topological polar surface area (TPSA) is 46.6 Å². The standard InChI is InChI=1S/C12H13NO3S/c14-17(15)7-3-6-13-9-11-5-2-1-4-10(11)8-12(13)16-17/h1-2,4-5,8H,3,6-7,9H2. The number of rotatable bonds is 0. The Hall–Kier alpha value is -1.49. The van der Waals surface area contributed by atoms with Crippen LogP contribution in [0.3, 0.4) is 0 Å². The first-order valence-corrected chi connectivity index (χ1v) is 7.18. The van der Waals surface area contributed by atoms with E-state index in [4.69, 9.17) is 4.18 Å². The van der Waals surface area contributed by atoms with Crippen LogP contribution in [-0.4, -0.2) is 25.6 Å². The third-order valence-corrected chi connectivity index (χ3v) is 4.26. The highest BCUT2D eigenvalue weighted by atomic mass is 32.2. The van der Waals surface area contributed by atoms with Gasteiger partial charge in [-0.15, -0.1) is 0 Å². The average molecular weight is 251 g/mol. The maximum absolute atomic E-state index is 11.5. The summed E-state index contributed by atoms with van der Waals surface area (Å²) >= 11 is 0. The van der Waals surface area contributed by atoms with Gasteiger partial charge in [0, 0.05) is 19.2 Å². The van der Waals surface area contributed by atoms with Crippen LogP contribution >= 0.6 is 0 Å². The van der Waals surface area contributed by atoms with Gasteiger partial charge in [-0.25, -0.2) is 0 Å². The van der Waals surface area contributed by atoms with E-state index >= 15 is 0 Å². The van der Waals surface area contributed by atoms with Crippen LogP contribution in [0.2, 0.25) is 0 Å². The molecule has 3 rings (SSSR count). The third-order valence-electron chi connectivity index (χ3n) is 3.04. The first kappa shape index (κ1) is 10.7. The SMILES string of the molecule is O=S1(=O)CCCN2Cc3ccccc3C=C2O1. The summed E-state index contributed by atoms with van der Waals surface area (Å²) in [7, 11) is -3.40. The van der Waals surface area contributed by atoms with E-state index in [1.165, 1.54) is 5.56 Å². The molecule has 0 bridgehead atoms. The van der Waals surface area contributed by atoms with Crippen LogP contribution in [0.15, 0.2) is 30.1 Å². The predicted octanol–water partition coefficient (Wildman–Crippen LogP) is 1.55. The van der Waals surface area contributed by atoms with Crippen LogP contribution < -0.4 is 0 Å². The Labute approximate surface area is 101 Å². The molecule has 1 aromatic rings. The van der Waals surface area contributed by atoms with Crippen molar-refractivity contribution in [1.82, 2.24) is 4.90 Å². The van der Waals surface area contributed by atoms with Gasteiger partial charge in [0.2, 0.25) is 5.88 Å². The number of hydrogen-bond donors (Lipinski definition) is 0. The molecule has 1 aromatic carbocycles. The maximum atomic E-state index is 11.5. The summed E-state index contributed by atoms with van der Waals surface area (Å²) in [5.41, 5.74) is 2.25. The highest BCUT2D eigenvalue weighted by molar-refractivity contribution is 7.86. The van der Waals surface area contributed by atoms with E-state index in [1.54, 1.807) is 0 Å². The molecule has 0 N–H and O–H groups in total. The monoisotopic (exact) mass is 251 g/mol. The van der Waals surface area contributed by atoms with Gasteiger partial charge in [-0.1, -0.05) is 24.3 Å². The van der Waals surface area contributed by atoms with Gasteiger partial charge in [0.05, 0.1) is 5.75 Å². The van der Waals surface area contributed by atoms with E-state index in [0.29, 0.717) is 12.3 Å². The zero-order valence-corrected chi connectivity index (χ0v) is 10.1. The van der Waals surface area contributed by atoms with E-state index in [9.17, 15) is 8.42 Å². The molecule has 0 spiro atoms. The predicted molar refractivity (Wildman–Crippen MR) is 64.3 cm³/mol. The Morgan fingerprint density at radius 2 is 2.06 bits per heavy atom. The largest absolute Gasteiger partial charge is 0.364 e. The molecule has 0 aromatic heterocycles. The molecule has 90 valence electrons. The molecule has 17 heavy (non-hydrogen) atoms. The molecular weight excluding hydrogens is 238 g/mol. The summed E-state index contributed by atoms with van der Waals surface area (Å²) in [6.07, 6.45) is 2.42. The van der Waals surface area contributed by atoms with Crippen molar-refractivity contribution in [1.29, 1.82) is 0 Å². The molecule has 1 saturated heterocycles. The average Bonchev–Trinajstić information content (AvgIpc) is 2.42. The Balaban J connectivity index is 2.04. The van der Waals surface area contributed by atoms with Gasteiger partial charge in [-0.05, 0) is 17.5 Å². The smallest absolute Gasteiger partial charge is 0.310 e. The van der Waals surface area contributed by atoms with E-state index in [0.717, 1.165) is 18.7 Å². The van der Waals surface area contributed by atoms with Crippen molar-refractivity contribution >= 4 is 16.2 Å². The van der Waals surface area contributed by atoms with Crippen molar-refractivity contribution in [3.05, 3.63) is 41.3 Å². The minimum atomic E-state index is -3.40. The minimum absolute atomic E-state index is 0.0944. The first-order valence-electron chi connectivity index (χ1n) is 5.61. The first-order chi connectivity index (χ1) is 8.14. The zero-order chi connectivity index (χ0) is 11.9. The quantitative estimate of drug-likeness (QED) is 0.656. The second-order valence-electron chi connectivity index (χ2n) is 4.30. The number of hydrogen-bond acceptors (Lipinski definition) is 4. The van der Waals surface area contributed by atoms with Crippen LogP contribution in [0.25, 0.3) is 6.08 Å². The third kappa shape index (κ3) is 2.02. The normalized spacial score (nSPS) is 21.6. The molecule has 2 aliphatic heterocycles. The fraction of sp³-hybridized carbons (Fsp3) is 0.333. The summed E-state index contributed by atoms with van der Waals surface area (Å²) in [4.78, 5) is 1.98. The van der Waals surface area contributed by atoms with Crippen LogP contribution in [0, 0.1) is 0 Å². The molecule has 0 aliphatic carbocycles. The summed E-state index contributed by atoms with van der Waals surface area (Å²) in [6.45, 7) is 1.44. The Kier molecular flexibility index (Phi) is 2.36. The fourth-order valence-corrected chi connectivity index (χ4v) is 3.18. The molecule has 0 radical (unpaired) electrons. The van der Waals surface area contributed by atoms with Crippen LogP contribution in [-0.2, 0) is 20.8 Å². The van der Waals surface area contributed by atoms with Crippen LogP contribution in [0.4, 0.5) is 0 Å². The Bertz CT molecular complexity index is 577. The molecule has 2 heterocycles. The maximum Gasteiger partial charge on any atom is 0.310 e. The number of benzene rings is 1. The van der Waals surface area contributed by atoms with Crippen LogP contribution in [0.1, 0.15) is 17.5 Å². The second kappa shape index (κ2) is 3.77. The highest BCUT2D eigenvalue weighted by Crippen LogP contribution is 2.28. The van der Waals surface area contributed by atoms with Gasteiger partial charge in [-0.3, -0.25) is 0 Å². The molecule has 1 fully saturated rings. The molecule has 4 nitrogen and oxygen atoms in total. The summed E-state index contributed by atoms with van der Waals surface area (Å²) in [5.74, 6) is 0.554. The van der Waals surface area contributed by atoms with Crippen molar-refractivity contribution in [2.75, 3.05) is 12.3 Å². The molecule has 0 unspecified atom stereocenters. The van der Waals surface area contributed by atoms with Gasteiger partial charge < -0.3 is 9.08 Å². The van der Waals surface area contributed by atoms with Gasteiger partial charge in [0.15, 0.2) is 0 Å². The van der Waals surface area contributed by atoms with Crippen molar-refractivity contribution in [2.45, 2.75) is 13.0 Å². The summed E-state index contributed by atoms with van der Waals surface area (Å²) in [6, 6.07) is 7.96. The second-order valence-corrected chi connectivity index (χ2v) is 5.99. The summed E-state index contributed by atoms with van der Waals surface area (Å²) < 4.78 is 28.2. The lowest BCUT2D eigenvalue weighted by molar-refractivity contribution is 0.226. The number of nitrogens with zero attached hydrogens (tertiary/aromatic N) is 1. The van der Waals surface area contributed by atoms with E-state index in [1.807, 2.05) is 29.2 Å². The fourth-order valence-electron chi connectivity index (χ4n) is 2.20. The van der Waals surface area contributed by atoms with Gasteiger partial charge >= 0.3 is 10.1 Å². The van der Waals surface area contributed by atoms with Gasteiger partial charge in [0.25, 0.3) is 0 Å². The van der Waals surface area contributed by atoms with Crippen molar-refractivity contribution in [3.63, 3.8) is 0 Å². The highest BCUT2D eigenvalue weighted by Gasteiger charge is 2.27. The summed E-state index contributed by atoms with van der Waals surface area (Å²) in [5, 5.41) is 0.